The molecule has 0 N–H and O–H groups in total. The summed E-state index contributed by atoms with van der Waals surface area (Å²) in [6.07, 6.45) is 0.930. The highest BCUT2D eigenvalue weighted by molar-refractivity contribution is 6.34. The summed E-state index contributed by atoms with van der Waals surface area (Å²) in [4.78, 5) is 18.0. The molecule has 22 heteroatoms. The average Bonchev–Trinajstić information content (AvgIpc) is 0.742. The normalized spacial score (nSPS) is 11.1. The van der Waals surface area contributed by atoms with Gasteiger partial charge in [0.2, 0.25) is 5.69 Å². The van der Waals surface area contributed by atoms with Crippen LogP contribution in [0.4, 0.5) is 54.8 Å². The number of methoxy groups -OCH3 is 4. The van der Waals surface area contributed by atoms with Crippen molar-refractivity contribution in [3.05, 3.63) is 445 Å². The Labute approximate surface area is 837 Å². The molecule has 5 aromatic heterocycles. The van der Waals surface area contributed by atoms with Gasteiger partial charge < -0.3 is 46.5 Å². The topological polar surface area (TPSA) is 92.6 Å². The maximum atomic E-state index is 13.9. The van der Waals surface area contributed by atoms with E-state index >= 15 is 0 Å². The highest BCUT2D eigenvalue weighted by Crippen LogP contribution is 2.48. The van der Waals surface area contributed by atoms with Gasteiger partial charge in [-0.3, -0.25) is 0 Å². The van der Waals surface area contributed by atoms with Gasteiger partial charge in [-0.15, -0.1) is 13.2 Å². The number of aryl methyl sites for hydroxylation is 7. The monoisotopic (exact) mass is 1930 g/mol. The van der Waals surface area contributed by atoms with Crippen LogP contribution in [0.15, 0.2) is 316 Å². The molecule has 15 aromatic carbocycles. The van der Waals surface area contributed by atoms with Crippen LogP contribution in [0.5, 0.6) is 28.7 Å². The number of hydrogen-bond donors (Lipinski definition) is 0. The Morgan fingerprint density at radius 3 is 0.903 bits per heavy atom. The van der Waals surface area contributed by atoms with Crippen molar-refractivity contribution in [1.82, 2.24) is 22.8 Å². The largest absolute Gasteiger partial charge is 0.573 e. The summed E-state index contributed by atoms with van der Waals surface area (Å²) in [5, 5.41) is 5.18. The fraction of sp³-hybridized carbons (Fsp3) is 0.139. The fourth-order valence-electron chi connectivity index (χ4n) is 18.3. The molecule has 20 aromatic rings. The standard InChI is InChI=1S/2C25H22N2O.C24H19ClN2O.2C24H17F3N2O/c1-16-7-6-8-22(18(16)3)24-15-27(20-9-11-21(28-5)12-10-20)25-17(2)13-19(26-4)14-23(24)25;1-16-7-6-8-21(18(16)3)23-15-27(19-9-11-20(28-5)12-10-19)25-13-17(2)24(26-4)14-22(23)25;1-15-6-5-7-19(16(15)2)21-14-27(17-8-10-18(28-4)11-9-17)24-13-22(25)23(26-3)12-20(21)24;1-15-5-4-6-19(23(15)24(25,26)27)21-14-29(17-8-10-18(30-3)11-9-17)22-12-7-16(28-2)13-20(21)22;1-15-5-4-6-20(16(15)2)22-14-29(23-12-7-17(28-3)13-21(22)23)18-8-10-19(11-9-18)30-24(25,26)27/h2*6-15H,1-3,5H3;5-14H,1-2,4H3;4-14H,1,3H3;4-14H,1-2H3. The first-order valence-corrected chi connectivity index (χ1v) is 46.3. The fourth-order valence-corrected chi connectivity index (χ4v) is 18.5. The van der Waals surface area contributed by atoms with E-state index in [2.05, 4.69) is 202 Å². The highest BCUT2D eigenvalue weighted by Gasteiger charge is 2.37. The van der Waals surface area contributed by atoms with Crippen LogP contribution in [0, 0.1) is 109 Å². The molecular formula is C122H97ClF6N10O5. The Balaban J connectivity index is 0.000000129. The molecule has 0 bridgehead atoms. The second-order valence-corrected chi connectivity index (χ2v) is 35.4. The van der Waals surface area contributed by atoms with E-state index < -0.39 is 18.1 Å². The molecule has 0 fully saturated rings. The number of aromatic nitrogens is 5. The zero-order chi connectivity index (χ0) is 102. The Kier molecular flexibility index (Phi) is 28.8. The van der Waals surface area contributed by atoms with E-state index in [4.69, 9.17) is 63.4 Å². The predicted octanol–water partition coefficient (Wildman–Crippen LogP) is 35.2. The Hall–Kier alpha value is -17.7. The van der Waals surface area contributed by atoms with E-state index in [9.17, 15) is 26.3 Å². The van der Waals surface area contributed by atoms with Crippen molar-refractivity contribution >= 4 is 94.6 Å². The maximum Gasteiger partial charge on any atom is 0.573 e. The van der Waals surface area contributed by atoms with Crippen molar-refractivity contribution in [3.63, 3.8) is 0 Å². The molecule has 144 heavy (non-hydrogen) atoms. The van der Waals surface area contributed by atoms with E-state index in [-0.39, 0.29) is 16.9 Å². The number of halogens is 7. The first-order chi connectivity index (χ1) is 69.2. The van der Waals surface area contributed by atoms with Gasteiger partial charge in [-0.2, -0.15) is 13.2 Å². The molecule has 5 heterocycles. The maximum absolute atomic E-state index is 13.9. The van der Waals surface area contributed by atoms with Crippen LogP contribution in [0.3, 0.4) is 0 Å². The third-order valence-electron chi connectivity index (χ3n) is 26.5. The molecule has 0 aliphatic heterocycles. The van der Waals surface area contributed by atoms with Crippen molar-refractivity contribution < 1.29 is 50.0 Å². The zero-order valence-electron chi connectivity index (χ0n) is 81.7. The molecule has 0 unspecified atom stereocenters. The van der Waals surface area contributed by atoms with E-state index in [0.29, 0.717) is 55.8 Å². The van der Waals surface area contributed by atoms with Gasteiger partial charge in [-0.05, 0) is 368 Å². The first-order valence-electron chi connectivity index (χ1n) is 45.9. The number of rotatable bonds is 15. The molecule has 0 saturated carbocycles. The second-order valence-electron chi connectivity index (χ2n) is 35.0. The van der Waals surface area contributed by atoms with Gasteiger partial charge in [0.05, 0.1) is 94.4 Å². The molecule has 0 saturated heterocycles. The third-order valence-corrected chi connectivity index (χ3v) is 26.8. The minimum atomic E-state index is -4.73. The Bertz CT molecular complexity index is 8370. The van der Waals surface area contributed by atoms with Crippen LogP contribution in [0.2, 0.25) is 5.02 Å². The quantitative estimate of drug-likeness (QED) is 0.0753. The molecule has 20 rings (SSSR count). The Morgan fingerprint density at radius 2 is 0.556 bits per heavy atom. The number of fused-ring (bicyclic) bond motifs is 5. The molecule has 0 atom stereocenters. The molecule has 15 nitrogen and oxygen atoms in total. The molecule has 0 spiro atoms. The van der Waals surface area contributed by atoms with Crippen LogP contribution in [0.25, 0.3) is 163 Å². The first kappa shape index (κ1) is 99.3. The predicted molar refractivity (Wildman–Crippen MR) is 570 cm³/mol. The third kappa shape index (κ3) is 20.3. The lowest BCUT2D eigenvalue weighted by Crippen LogP contribution is -2.17. The number of ether oxygens (including phenoxy) is 5. The summed E-state index contributed by atoms with van der Waals surface area (Å²) in [6, 6.07) is 89.1. The van der Waals surface area contributed by atoms with E-state index in [1.807, 2.05) is 151 Å². The molecule has 0 aliphatic rings. The average molecular weight is 1930 g/mol. The smallest absolute Gasteiger partial charge is 0.497 e. The molecule has 0 aliphatic carbocycles. The summed E-state index contributed by atoms with van der Waals surface area (Å²) >= 11 is 6.38. The summed E-state index contributed by atoms with van der Waals surface area (Å²) in [7, 11) is 6.58. The summed E-state index contributed by atoms with van der Waals surface area (Å²) in [5.41, 5.74) is 33.1. The van der Waals surface area contributed by atoms with Crippen molar-refractivity contribution in [2.75, 3.05) is 28.4 Å². The lowest BCUT2D eigenvalue weighted by molar-refractivity contribution is -0.274. The van der Waals surface area contributed by atoms with Crippen LogP contribution in [-0.2, 0) is 6.18 Å². The van der Waals surface area contributed by atoms with Crippen molar-refractivity contribution in [2.24, 2.45) is 0 Å². The second kappa shape index (κ2) is 41.8. The lowest BCUT2D eigenvalue weighted by Gasteiger charge is -2.15. The SMILES string of the molecule is [C-]#[N+]c1cc(C)c2c(c1)c(-c1cccc(C)c1C)cn2-c1ccc(OC)cc1.[C-]#[N+]c1cc2c(-c3cccc(C)c3C)cn(-c3ccc(OC)cc3)c2cc1C.[C-]#[N+]c1cc2c(-c3cccc(C)c3C)cn(-c3ccc(OC)cc3)c2cc1Cl.[C-]#[N+]c1ccc2c(c1)c(-c1cccc(C)c1C(F)(F)F)cn2-c1ccc(OC)cc1.[C-]#[N+]c1ccc2c(c1)c(-c1cccc(C)c1C)cn2-c1ccc(OC(F)(F)F)cc1. The zero-order valence-corrected chi connectivity index (χ0v) is 82.4. The number of alkyl halides is 6. The number of nitrogens with zero attached hydrogens (tertiary/aromatic N) is 10. The van der Waals surface area contributed by atoms with Crippen LogP contribution in [-0.4, -0.2) is 57.6 Å². The van der Waals surface area contributed by atoms with Crippen molar-refractivity contribution in [1.29, 1.82) is 0 Å². The van der Waals surface area contributed by atoms with Crippen molar-refractivity contribution in [3.8, 4) is 113 Å². The summed E-state index contributed by atoms with van der Waals surface area (Å²) in [6.45, 7) is 59.6. The van der Waals surface area contributed by atoms with E-state index in [1.165, 1.54) is 75.7 Å². The van der Waals surface area contributed by atoms with Crippen LogP contribution < -0.4 is 23.7 Å². The molecule has 714 valence electrons. The molecule has 0 radical (unpaired) electrons. The summed E-state index contributed by atoms with van der Waals surface area (Å²) < 4.78 is 114. The lowest BCUT2D eigenvalue weighted by atomic mass is 9.95. The highest BCUT2D eigenvalue weighted by atomic mass is 35.5. The molecular weight excluding hydrogens is 1830 g/mol. The van der Waals surface area contributed by atoms with Gasteiger partial charge in [0.15, 0.2) is 22.7 Å². The molecule has 0 amide bonds. The van der Waals surface area contributed by atoms with E-state index in [1.54, 1.807) is 89.2 Å². The minimum Gasteiger partial charge on any atom is -0.497 e. The van der Waals surface area contributed by atoms with Crippen LogP contribution >= 0.6 is 11.6 Å². The number of benzene rings is 15. The van der Waals surface area contributed by atoms with Gasteiger partial charge in [0.25, 0.3) is 0 Å². The minimum absolute atomic E-state index is 0.0990. The van der Waals surface area contributed by atoms with E-state index in [0.717, 1.165) is 145 Å². The Morgan fingerprint density at radius 1 is 0.257 bits per heavy atom. The van der Waals surface area contributed by atoms with Gasteiger partial charge in [0, 0.05) is 92.3 Å². The van der Waals surface area contributed by atoms with Gasteiger partial charge in [0.1, 0.15) is 28.7 Å². The van der Waals surface area contributed by atoms with Crippen LogP contribution in [0.1, 0.15) is 66.8 Å². The summed E-state index contributed by atoms with van der Waals surface area (Å²) in [5.74, 6) is 2.89. The van der Waals surface area contributed by atoms with Gasteiger partial charge in [-0.1, -0.05) is 121 Å². The number of hydrogen-bond acceptors (Lipinski definition) is 5. The van der Waals surface area contributed by atoms with Gasteiger partial charge >= 0.3 is 12.5 Å². The van der Waals surface area contributed by atoms with Crippen molar-refractivity contribution in [2.45, 2.75) is 88.7 Å². The van der Waals surface area contributed by atoms with Gasteiger partial charge in [-0.25, -0.2) is 24.2 Å².